The van der Waals surface area contributed by atoms with Crippen LogP contribution >= 0.6 is 46.3 Å². The molecule has 8 heteroatoms. The van der Waals surface area contributed by atoms with E-state index in [0.717, 1.165) is 20.8 Å². The number of amides is 1. The van der Waals surface area contributed by atoms with Gasteiger partial charge in [-0.1, -0.05) is 35.0 Å². The number of fused-ring (bicyclic) bond motifs is 1. The molecule has 0 aliphatic rings. The number of benzene rings is 1. The Labute approximate surface area is 164 Å². The molecule has 0 aliphatic carbocycles. The van der Waals surface area contributed by atoms with E-state index >= 15 is 0 Å². The molecule has 1 atom stereocenters. The third-order valence-electron chi connectivity index (χ3n) is 3.78. The quantitative estimate of drug-likeness (QED) is 0.439. The SMILES string of the molecule is Cc1sc2ncnc(S[C@@H](C)C(=O)Nc3ccc(Cl)cc3Cl)c2c1C. The lowest BCUT2D eigenvalue weighted by molar-refractivity contribution is -0.115. The van der Waals surface area contributed by atoms with Crippen molar-refractivity contribution < 1.29 is 4.79 Å². The van der Waals surface area contributed by atoms with Crippen molar-refractivity contribution in [3.63, 3.8) is 0 Å². The predicted molar refractivity (Wildman–Crippen MR) is 107 cm³/mol. The molecule has 130 valence electrons. The molecule has 3 rings (SSSR count). The van der Waals surface area contributed by atoms with E-state index in [-0.39, 0.29) is 11.2 Å². The lowest BCUT2D eigenvalue weighted by atomic mass is 10.2. The third kappa shape index (κ3) is 3.92. The number of carbonyl (C=O) groups is 1. The highest BCUT2D eigenvalue weighted by Gasteiger charge is 2.20. The number of nitrogens with one attached hydrogen (secondary N) is 1. The number of hydrogen-bond donors (Lipinski definition) is 1. The average molecular weight is 412 g/mol. The molecule has 2 aromatic heterocycles. The molecule has 3 aromatic rings. The Morgan fingerprint density at radius 3 is 2.76 bits per heavy atom. The van der Waals surface area contributed by atoms with Crippen molar-refractivity contribution in [1.29, 1.82) is 0 Å². The van der Waals surface area contributed by atoms with E-state index in [1.54, 1.807) is 35.9 Å². The fourth-order valence-electron chi connectivity index (χ4n) is 2.29. The first-order valence-electron chi connectivity index (χ1n) is 7.50. The summed E-state index contributed by atoms with van der Waals surface area (Å²) in [5, 5.41) is 5.27. The highest BCUT2D eigenvalue weighted by Crippen LogP contribution is 2.36. The van der Waals surface area contributed by atoms with Gasteiger partial charge in [-0.25, -0.2) is 9.97 Å². The maximum atomic E-state index is 12.5. The molecule has 0 radical (unpaired) electrons. The molecule has 0 fully saturated rings. The number of carbonyl (C=O) groups excluding carboxylic acids is 1. The number of nitrogens with zero attached hydrogens (tertiary/aromatic N) is 2. The van der Waals surface area contributed by atoms with E-state index in [0.29, 0.717) is 15.7 Å². The van der Waals surface area contributed by atoms with Crippen molar-refractivity contribution in [2.45, 2.75) is 31.0 Å². The minimum absolute atomic E-state index is 0.148. The lowest BCUT2D eigenvalue weighted by Crippen LogP contribution is -2.22. The van der Waals surface area contributed by atoms with Crippen molar-refractivity contribution in [3.05, 3.63) is 45.0 Å². The molecule has 25 heavy (non-hydrogen) atoms. The third-order valence-corrected chi connectivity index (χ3v) is 6.54. The minimum Gasteiger partial charge on any atom is -0.324 e. The number of aromatic nitrogens is 2. The van der Waals surface area contributed by atoms with Crippen LogP contribution in [0.25, 0.3) is 10.2 Å². The van der Waals surface area contributed by atoms with Gasteiger partial charge in [0.15, 0.2) is 0 Å². The average Bonchev–Trinajstić information content (AvgIpc) is 2.85. The van der Waals surface area contributed by atoms with Gasteiger partial charge in [0.05, 0.1) is 16.0 Å². The summed E-state index contributed by atoms with van der Waals surface area (Å²) in [5.41, 5.74) is 1.70. The molecule has 1 aromatic carbocycles. The van der Waals surface area contributed by atoms with Crippen LogP contribution in [0.4, 0.5) is 5.69 Å². The molecule has 0 saturated carbocycles. The van der Waals surface area contributed by atoms with Crippen molar-refractivity contribution in [3.8, 4) is 0 Å². The molecule has 1 N–H and O–H groups in total. The predicted octanol–water partition coefficient (Wildman–Crippen LogP) is 5.73. The van der Waals surface area contributed by atoms with E-state index in [1.807, 2.05) is 6.92 Å². The zero-order chi connectivity index (χ0) is 18.1. The van der Waals surface area contributed by atoms with Gasteiger partial charge < -0.3 is 5.32 Å². The summed E-state index contributed by atoms with van der Waals surface area (Å²) >= 11 is 15.0. The van der Waals surface area contributed by atoms with Crippen LogP contribution in [0.15, 0.2) is 29.6 Å². The van der Waals surface area contributed by atoms with Crippen molar-refractivity contribution in [2.75, 3.05) is 5.32 Å². The van der Waals surface area contributed by atoms with Gasteiger partial charge >= 0.3 is 0 Å². The van der Waals surface area contributed by atoms with Crippen molar-refractivity contribution in [2.24, 2.45) is 0 Å². The van der Waals surface area contributed by atoms with Crippen LogP contribution in [0, 0.1) is 13.8 Å². The molecule has 0 bridgehead atoms. The molecule has 0 saturated heterocycles. The highest BCUT2D eigenvalue weighted by molar-refractivity contribution is 8.00. The first-order valence-corrected chi connectivity index (χ1v) is 9.95. The van der Waals surface area contributed by atoms with E-state index < -0.39 is 0 Å². The Bertz CT molecular complexity index is 958. The van der Waals surface area contributed by atoms with Crippen LogP contribution in [0.3, 0.4) is 0 Å². The summed E-state index contributed by atoms with van der Waals surface area (Å²) < 4.78 is 0. The van der Waals surface area contributed by atoms with Crippen LogP contribution in [0.5, 0.6) is 0 Å². The maximum Gasteiger partial charge on any atom is 0.237 e. The van der Waals surface area contributed by atoms with Crippen LogP contribution in [0.1, 0.15) is 17.4 Å². The number of aryl methyl sites for hydroxylation is 2. The maximum absolute atomic E-state index is 12.5. The summed E-state index contributed by atoms with van der Waals surface area (Å²) in [6.07, 6.45) is 1.54. The summed E-state index contributed by atoms with van der Waals surface area (Å²) in [7, 11) is 0. The van der Waals surface area contributed by atoms with Crippen LogP contribution in [-0.4, -0.2) is 21.1 Å². The van der Waals surface area contributed by atoms with Gasteiger partial charge in [-0.2, -0.15) is 0 Å². The second-order valence-corrected chi connectivity index (χ2v) is 8.89. The number of rotatable bonds is 4. The minimum atomic E-state index is -0.343. The largest absolute Gasteiger partial charge is 0.324 e. The second kappa shape index (κ2) is 7.50. The van der Waals surface area contributed by atoms with Crippen LogP contribution in [-0.2, 0) is 4.79 Å². The summed E-state index contributed by atoms with van der Waals surface area (Å²) in [4.78, 5) is 23.4. The molecule has 2 heterocycles. The number of halogens is 2. The van der Waals surface area contributed by atoms with Gasteiger partial charge in [-0.3, -0.25) is 4.79 Å². The Kier molecular flexibility index (Phi) is 5.53. The summed E-state index contributed by atoms with van der Waals surface area (Å²) in [6.45, 7) is 5.96. The Balaban J connectivity index is 1.80. The fraction of sp³-hybridized carbons (Fsp3) is 0.235. The molecule has 0 aliphatic heterocycles. The standard InChI is InChI=1S/C17H15Cl2N3OS2/c1-8-9(2)24-16-14(8)17(21-7-20-16)25-10(3)15(23)22-13-5-4-11(18)6-12(13)19/h4-7,10H,1-3H3,(H,22,23)/t10-/m0/s1. The van der Waals surface area contributed by atoms with Gasteiger partial charge in [0.25, 0.3) is 0 Å². The molecule has 0 spiro atoms. The molecule has 0 unspecified atom stereocenters. The summed E-state index contributed by atoms with van der Waals surface area (Å²) in [6, 6.07) is 4.98. The number of thiophene rings is 1. The van der Waals surface area contributed by atoms with Crippen LogP contribution < -0.4 is 5.32 Å². The first kappa shape index (κ1) is 18.5. The van der Waals surface area contributed by atoms with Crippen molar-refractivity contribution in [1.82, 2.24) is 9.97 Å². The van der Waals surface area contributed by atoms with E-state index in [4.69, 9.17) is 23.2 Å². The smallest absolute Gasteiger partial charge is 0.237 e. The topological polar surface area (TPSA) is 54.9 Å². The van der Waals surface area contributed by atoms with Gasteiger partial charge in [0.1, 0.15) is 16.2 Å². The highest BCUT2D eigenvalue weighted by atomic mass is 35.5. The van der Waals surface area contributed by atoms with Gasteiger partial charge in [0.2, 0.25) is 5.91 Å². The number of hydrogen-bond acceptors (Lipinski definition) is 5. The van der Waals surface area contributed by atoms with E-state index in [9.17, 15) is 4.79 Å². The molecule has 1 amide bonds. The molecular formula is C17H15Cl2N3OS2. The molecular weight excluding hydrogens is 397 g/mol. The number of anilines is 1. The van der Waals surface area contributed by atoms with Gasteiger partial charge in [-0.15, -0.1) is 11.3 Å². The van der Waals surface area contributed by atoms with Gasteiger partial charge in [-0.05, 0) is 44.5 Å². The number of thioether (sulfide) groups is 1. The monoisotopic (exact) mass is 411 g/mol. The Hall–Kier alpha value is -1.34. The van der Waals surface area contributed by atoms with Crippen molar-refractivity contribution >= 4 is 68.1 Å². The van der Waals surface area contributed by atoms with E-state index in [2.05, 4.69) is 29.1 Å². The summed E-state index contributed by atoms with van der Waals surface area (Å²) in [5.74, 6) is -0.148. The Morgan fingerprint density at radius 1 is 1.28 bits per heavy atom. The zero-order valence-corrected chi connectivity index (χ0v) is 16.9. The Morgan fingerprint density at radius 2 is 2.04 bits per heavy atom. The van der Waals surface area contributed by atoms with E-state index in [1.165, 1.54) is 16.6 Å². The zero-order valence-electron chi connectivity index (χ0n) is 13.8. The normalized spacial score (nSPS) is 12.4. The molecule has 4 nitrogen and oxygen atoms in total. The first-order chi connectivity index (χ1) is 11.9. The fourth-order valence-corrected chi connectivity index (χ4v) is 4.78. The lowest BCUT2D eigenvalue weighted by Gasteiger charge is -2.13. The van der Waals surface area contributed by atoms with Gasteiger partial charge in [0, 0.05) is 15.3 Å². The second-order valence-electron chi connectivity index (χ2n) is 5.52. The van der Waals surface area contributed by atoms with Crippen LogP contribution in [0.2, 0.25) is 10.0 Å².